The first-order valence-corrected chi connectivity index (χ1v) is 7.27. The molecule has 0 aromatic heterocycles. The highest BCUT2D eigenvalue weighted by atomic mass is 32.2. The fourth-order valence-electron chi connectivity index (χ4n) is 1.65. The Balaban J connectivity index is 1.79. The van der Waals surface area contributed by atoms with Gasteiger partial charge in [-0.25, -0.2) is 18.1 Å². The Morgan fingerprint density at radius 3 is 2.67 bits per heavy atom. The molecule has 1 atom stereocenters. The van der Waals surface area contributed by atoms with Gasteiger partial charge >= 0.3 is 0 Å². The molecule has 0 radical (unpaired) electrons. The van der Waals surface area contributed by atoms with Crippen molar-refractivity contribution in [3.8, 4) is 0 Å². The zero-order chi connectivity index (χ0) is 12.8. The molecule has 0 bridgehead atoms. The first kappa shape index (κ1) is 12.9. The van der Waals surface area contributed by atoms with Crippen LogP contribution in [0.2, 0.25) is 0 Å². The van der Waals surface area contributed by atoms with Gasteiger partial charge in [0.1, 0.15) is 6.20 Å². The molecule has 0 amide bonds. The van der Waals surface area contributed by atoms with Crippen molar-refractivity contribution in [2.45, 2.75) is 11.3 Å². The Bertz CT molecular complexity index is 526. The summed E-state index contributed by atoms with van der Waals surface area (Å²) in [5.41, 5.74) is 0. The normalized spacial score (nSPS) is 18.3. The molecule has 6 heteroatoms. The quantitative estimate of drug-likeness (QED) is 0.698. The molecule has 1 aliphatic heterocycles. The van der Waals surface area contributed by atoms with Crippen LogP contribution in [0.5, 0.6) is 0 Å². The third-order valence-electron chi connectivity index (χ3n) is 2.60. The van der Waals surface area contributed by atoms with Gasteiger partial charge in [0, 0.05) is 13.0 Å². The smallest absolute Gasteiger partial charge is 0.240 e. The van der Waals surface area contributed by atoms with Gasteiger partial charge in [-0.15, -0.1) is 0 Å². The number of nitrogens with one attached hydrogen (secondary N) is 2. The third-order valence-corrected chi connectivity index (χ3v) is 4.08. The molecule has 96 valence electrons. The van der Waals surface area contributed by atoms with E-state index in [1.54, 1.807) is 42.9 Å². The average Bonchev–Trinajstić information content (AvgIpc) is 2.89. The number of nitrogens with zero attached hydrogens (tertiary/aromatic N) is 1. The molecule has 1 unspecified atom stereocenters. The molecule has 1 aliphatic rings. The second kappa shape index (κ2) is 5.90. The third kappa shape index (κ3) is 3.49. The largest absolute Gasteiger partial charge is 0.265 e. The Hall–Kier alpha value is -1.50. The van der Waals surface area contributed by atoms with Crippen molar-refractivity contribution in [1.82, 2.24) is 4.72 Å². The van der Waals surface area contributed by atoms with Crippen molar-refractivity contribution < 1.29 is 13.3 Å². The summed E-state index contributed by atoms with van der Waals surface area (Å²) >= 11 is 0. The summed E-state index contributed by atoms with van der Waals surface area (Å²) in [4.78, 5) is 5.40. The molecule has 0 fully saturated rings. The van der Waals surface area contributed by atoms with Gasteiger partial charge in [0.25, 0.3) is 0 Å². The van der Waals surface area contributed by atoms with Crippen LogP contribution < -0.4 is 9.62 Å². The van der Waals surface area contributed by atoms with Gasteiger partial charge in [0.05, 0.1) is 17.6 Å². The minimum atomic E-state index is -3.37. The summed E-state index contributed by atoms with van der Waals surface area (Å²) in [7, 11) is -3.37. The topological polar surface area (TPSA) is 63.0 Å². The molecule has 1 aromatic carbocycles. The van der Waals surface area contributed by atoms with E-state index in [0.29, 0.717) is 11.4 Å². The zero-order valence-electron chi connectivity index (χ0n) is 9.91. The van der Waals surface area contributed by atoms with Crippen molar-refractivity contribution in [1.29, 1.82) is 0 Å². The molecule has 1 heterocycles. The maximum absolute atomic E-state index is 11.9. The van der Waals surface area contributed by atoms with Crippen molar-refractivity contribution in [2.24, 2.45) is 4.99 Å². The number of rotatable bonds is 6. The van der Waals surface area contributed by atoms with Crippen LogP contribution in [0.1, 0.15) is 6.42 Å². The number of aliphatic imine (C=N–C) groups is 1. The van der Waals surface area contributed by atoms with Gasteiger partial charge in [-0.05, 0) is 12.1 Å². The lowest BCUT2D eigenvalue weighted by Gasteiger charge is -2.07. The fraction of sp³-hybridized carbons (Fsp3) is 0.250. The van der Waals surface area contributed by atoms with E-state index in [4.69, 9.17) is 0 Å². The number of sulfonamides is 1. The fourth-order valence-corrected chi connectivity index (χ4v) is 2.75. The van der Waals surface area contributed by atoms with Crippen molar-refractivity contribution >= 4 is 16.4 Å². The van der Waals surface area contributed by atoms with Crippen molar-refractivity contribution in [3.63, 3.8) is 0 Å². The first-order chi connectivity index (χ1) is 8.68. The van der Waals surface area contributed by atoms with E-state index in [-0.39, 0.29) is 0 Å². The molecular formula is C12H16N3O2S+. The lowest BCUT2D eigenvalue weighted by molar-refractivity contribution is -0.736. The van der Waals surface area contributed by atoms with Crippen LogP contribution in [0.3, 0.4) is 0 Å². The summed E-state index contributed by atoms with van der Waals surface area (Å²) < 4.78 is 26.3. The monoisotopic (exact) mass is 266 g/mol. The SMILES string of the molecule is O=S(=O)(NCCC[NH+]1C=CN=C1)c1ccccc1. The van der Waals surface area contributed by atoms with Crippen molar-refractivity contribution in [3.05, 3.63) is 42.7 Å². The summed E-state index contributed by atoms with van der Waals surface area (Å²) in [6.45, 7) is 1.26. The predicted octanol–water partition coefficient (Wildman–Crippen LogP) is -0.247. The highest BCUT2D eigenvalue weighted by Gasteiger charge is 2.13. The molecule has 0 spiro atoms. The summed E-state index contributed by atoms with van der Waals surface area (Å²) in [6.07, 6.45) is 6.23. The zero-order valence-corrected chi connectivity index (χ0v) is 10.7. The van der Waals surface area contributed by atoms with E-state index in [1.165, 1.54) is 0 Å². The summed E-state index contributed by atoms with van der Waals surface area (Å²) in [5, 5.41) is 0. The minimum absolute atomic E-state index is 0.306. The Morgan fingerprint density at radius 1 is 1.22 bits per heavy atom. The molecule has 5 nitrogen and oxygen atoms in total. The van der Waals surface area contributed by atoms with Gasteiger partial charge in [-0.1, -0.05) is 18.2 Å². The van der Waals surface area contributed by atoms with Gasteiger partial charge in [0.15, 0.2) is 6.34 Å². The van der Waals surface area contributed by atoms with E-state index in [0.717, 1.165) is 17.9 Å². The molecule has 2 rings (SSSR count). The molecule has 0 saturated carbocycles. The van der Waals surface area contributed by atoms with Crippen LogP contribution in [0, 0.1) is 0 Å². The van der Waals surface area contributed by atoms with Crippen LogP contribution in [0.15, 0.2) is 52.6 Å². The lowest BCUT2D eigenvalue weighted by atomic mass is 10.4. The lowest BCUT2D eigenvalue weighted by Crippen LogP contribution is -3.05. The molecule has 2 N–H and O–H groups in total. The molecule has 18 heavy (non-hydrogen) atoms. The highest BCUT2D eigenvalue weighted by Crippen LogP contribution is 2.06. The average molecular weight is 266 g/mol. The predicted molar refractivity (Wildman–Crippen MR) is 69.7 cm³/mol. The molecule has 0 saturated heterocycles. The first-order valence-electron chi connectivity index (χ1n) is 5.79. The second-order valence-corrected chi connectivity index (χ2v) is 5.75. The Morgan fingerprint density at radius 2 is 2.00 bits per heavy atom. The molecule has 0 aliphatic carbocycles. The molecule has 1 aromatic rings. The second-order valence-electron chi connectivity index (χ2n) is 3.98. The van der Waals surface area contributed by atoms with Gasteiger partial charge in [0.2, 0.25) is 10.0 Å². The van der Waals surface area contributed by atoms with E-state index < -0.39 is 10.0 Å². The minimum Gasteiger partial charge on any atom is -0.265 e. The number of hydrogen-bond donors (Lipinski definition) is 2. The standard InChI is InChI=1S/C12H15N3O2S/c16-18(17,12-5-2-1-3-6-12)14-7-4-9-15-10-8-13-11-15/h1-3,5-6,8,10-11,14H,4,7,9H2/p+1. The van der Waals surface area contributed by atoms with Crippen LogP contribution in [-0.4, -0.2) is 27.8 Å². The van der Waals surface area contributed by atoms with Crippen LogP contribution in [0.25, 0.3) is 0 Å². The van der Waals surface area contributed by atoms with Crippen LogP contribution >= 0.6 is 0 Å². The van der Waals surface area contributed by atoms with Gasteiger partial charge < -0.3 is 0 Å². The van der Waals surface area contributed by atoms with Crippen molar-refractivity contribution in [2.75, 3.05) is 13.1 Å². The highest BCUT2D eigenvalue weighted by molar-refractivity contribution is 7.89. The van der Waals surface area contributed by atoms with E-state index in [1.807, 2.05) is 6.20 Å². The van der Waals surface area contributed by atoms with E-state index in [9.17, 15) is 8.42 Å². The number of quaternary nitrogens is 1. The molecular weight excluding hydrogens is 250 g/mol. The summed E-state index contributed by atoms with van der Waals surface area (Å²) in [5.74, 6) is 0. The maximum Gasteiger partial charge on any atom is 0.240 e. The Labute approximate surface area is 107 Å². The Kier molecular flexibility index (Phi) is 4.24. The van der Waals surface area contributed by atoms with E-state index >= 15 is 0 Å². The summed E-state index contributed by atoms with van der Waals surface area (Å²) in [6, 6.07) is 8.39. The van der Waals surface area contributed by atoms with Crippen LogP contribution in [-0.2, 0) is 10.0 Å². The van der Waals surface area contributed by atoms with E-state index in [2.05, 4.69) is 9.71 Å². The number of benzene rings is 1. The van der Waals surface area contributed by atoms with Gasteiger partial charge in [-0.3, -0.25) is 4.90 Å². The van der Waals surface area contributed by atoms with Crippen LogP contribution in [0.4, 0.5) is 0 Å². The number of hydrogen-bond acceptors (Lipinski definition) is 3. The van der Waals surface area contributed by atoms with Gasteiger partial charge in [-0.2, -0.15) is 0 Å². The maximum atomic E-state index is 11.9.